The first-order valence-electron chi connectivity index (χ1n) is 4.49. The Morgan fingerprint density at radius 2 is 2.23 bits per heavy atom. The van der Waals surface area contributed by atoms with Crippen molar-refractivity contribution in [3.8, 4) is 0 Å². The molecule has 0 heterocycles. The molecule has 0 atom stereocenters. The van der Waals surface area contributed by atoms with Crippen LogP contribution in [-0.4, -0.2) is 43.8 Å². The molecule has 0 radical (unpaired) electrons. The van der Waals surface area contributed by atoms with Gasteiger partial charge in [-0.3, -0.25) is 4.99 Å². The van der Waals surface area contributed by atoms with Crippen LogP contribution in [-0.2, 0) is 0 Å². The molecule has 0 aromatic heterocycles. The van der Waals surface area contributed by atoms with Crippen molar-refractivity contribution in [1.29, 1.82) is 0 Å². The molecule has 0 aliphatic rings. The topological polar surface area (TPSA) is 53.6 Å². The van der Waals surface area contributed by atoms with Gasteiger partial charge in [-0.25, -0.2) is 0 Å². The van der Waals surface area contributed by atoms with E-state index in [9.17, 15) is 0 Å². The molecule has 0 aromatic rings. The predicted octanol–water partition coefficient (Wildman–Crippen LogP) is 0.510. The first-order valence-corrected chi connectivity index (χ1v) is 5.47. The molecule has 5 heteroatoms. The van der Waals surface area contributed by atoms with Crippen molar-refractivity contribution in [3.05, 3.63) is 0 Å². The van der Waals surface area contributed by atoms with E-state index in [2.05, 4.69) is 21.5 Å². The van der Waals surface area contributed by atoms with Gasteiger partial charge in [-0.1, -0.05) is 18.9 Å². The van der Waals surface area contributed by atoms with Crippen molar-refractivity contribution < 1.29 is 0 Å². The van der Waals surface area contributed by atoms with Crippen LogP contribution < -0.4 is 10.5 Å². The lowest BCUT2D eigenvalue weighted by atomic mass is 10.6. The minimum Gasteiger partial charge on any atom is -0.369 e. The number of nitrogens with two attached hydrogens (primary N) is 1. The molecule has 0 bridgehead atoms. The SMILES string of the molecule is CCCSN/C(N)=N/CCN(C)C. The lowest BCUT2D eigenvalue weighted by Gasteiger charge is -2.07. The second kappa shape index (κ2) is 8.19. The standard InChI is InChI=1S/C8H20N4S/c1-4-7-13-11-8(9)10-5-6-12(2)3/h4-7H2,1-3H3,(H3,9,10,11). The summed E-state index contributed by atoms with van der Waals surface area (Å²) in [6.45, 7) is 3.81. The number of likely N-dealkylation sites (N-methyl/N-ethyl adjacent to an activating group) is 1. The van der Waals surface area contributed by atoms with E-state index in [0.717, 1.165) is 25.3 Å². The number of rotatable bonds is 6. The van der Waals surface area contributed by atoms with Crippen molar-refractivity contribution in [2.24, 2.45) is 10.7 Å². The molecule has 13 heavy (non-hydrogen) atoms. The maximum atomic E-state index is 5.60. The summed E-state index contributed by atoms with van der Waals surface area (Å²) in [5, 5.41) is 0. The summed E-state index contributed by atoms with van der Waals surface area (Å²) in [7, 11) is 4.04. The zero-order chi connectivity index (χ0) is 10.1. The molecule has 0 saturated heterocycles. The third kappa shape index (κ3) is 9.49. The fourth-order valence-electron chi connectivity index (χ4n) is 0.630. The molecule has 0 fully saturated rings. The summed E-state index contributed by atoms with van der Waals surface area (Å²) >= 11 is 1.60. The quantitative estimate of drug-likeness (QED) is 0.286. The molecule has 4 nitrogen and oxygen atoms in total. The maximum Gasteiger partial charge on any atom is 0.198 e. The third-order valence-electron chi connectivity index (χ3n) is 1.31. The zero-order valence-corrected chi connectivity index (χ0v) is 9.52. The van der Waals surface area contributed by atoms with E-state index < -0.39 is 0 Å². The largest absolute Gasteiger partial charge is 0.369 e. The Hall–Kier alpha value is -0.420. The number of guanidine groups is 1. The van der Waals surface area contributed by atoms with Crippen LogP contribution in [0.15, 0.2) is 4.99 Å². The number of hydrogen-bond donors (Lipinski definition) is 2. The van der Waals surface area contributed by atoms with E-state index in [1.54, 1.807) is 11.9 Å². The van der Waals surface area contributed by atoms with Crippen LogP contribution in [0.2, 0.25) is 0 Å². The van der Waals surface area contributed by atoms with E-state index in [1.165, 1.54) is 0 Å². The van der Waals surface area contributed by atoms with E-state index in [-0.39, 0.29) is 0 Å². The number of aliphatic imine (C=N–C) groups is 1. The van der Waals surface area contributed by atoms with E-state index in [4.69, 9.17) is 5.73 Å². The molecule has 0 aliphatic carbocycles. The lowest BCUT2D eigenvalue weighted by molar-refractivity contribution is 0.420. The van der Waals surface area contributed by atoms with Crippen LogP contribution in [0.5, 0.6) is 0 Å². The first-order chi connectivity index (χ1) is 6.16. The molecular formula is C8H20N4S. The van der Waals surface area contributed by atoms with Gasteiger partial charge in [0, 0.05) is 12.3 Å². The first kappa shape index (κ1) is 12.6. The Morgan fingerprint density at radius 1 is 1.54 bits per heavy atom. The predicted molar refractivity (Wildman–Crippen MR) is 60.9 cm³/mol. The summed E-state index contributed by atoms with van der Waals surface area (Å²) in [5.41, 5.74) is 5.60. The highest BCUT2D eigenvalue weighted by atomic mass is 32.2. The Kier molecular flexibility index (Phi) is 7.93. The smallest absolute Gasteiger partial charge is 0.198 e. The van der Waals surface area contributed by atoms with Crippen LogP contribution in [0.4, 0.5) is 0 Å². The van der Waals surface area contributed by atoms with Crippen LogP contribution >= 0.6 is 11.9 Å². The van der Waals surface area contributed by atoms with Crippen LogP contribution in [0.3, 0.4) is 0 Å². The average Bonchev–Trinajstić information content (AvgIpc) is 2.04. The summed E-state index contributed by atoms with van der Waals surface area (Å²) in [4.78, 5) is 6.24. The van der Waals surface area contributed by atoms with Crippen molar-refractivity contribution in [2.75, 3.05) is 32.9 Å². The van der Waals surface area contributed by atoms with E-state index >= 15 is 0 Å². The third-order valence-corrected chi connectivity index (χ3v) is 2.28. The van der Waals surface area contributed by atoms with Gasteiger partial charge in [0.2, 0.25) is 0 Å². The molecule has 0 amide bonds. The zero-order valence-electron chi connectivity index (χ0n) is 8.71. The molecule has 0 spiro atoms. The Balaban J connectivity index is 3.39. The van der Waals surface area contributed by atoms with Crippen LogP contribution in [0.1, 0.15) is 13.3 Å². The molecule has 78 valence electrons. The molecule has 0 unspecified atom stereocenters. The summed E-state index contributed by atoms with van der Waals surface area (Å²) in [5.74, 6) is 1.59. The van der Waals surface area contributed by atoms with Crippen LogP contribution in [0.25, 0.3) is 0 Å². The second-order valence-electron chi connectivity index (χ2n) is 3.02. The van der Waals surface area contributed by atoms with Crippen molar-refractivity contribution in [3.63, 3.8) is 0 Å². The molecule has 0 aliphatic heterocycles. The van der Waals surface area contributed by atoms with Gasteiger partial charge >= 0.3 is 0 Å². The Morgan fingerprint density at radius 3 is 2.77 bits per heavy atom. The van der Waals surface area contributed by atoms with E-state index in [0.29, 0.717) is 5.96 Å². The van der Waals surface area contributed by atoms with Crippen molar-refractivity contribution in [2.45, 2.75) is 13.3 Å². The van der Waals surface area contributed by atoms with Gasteiger partial charge in [0.15, 0.2) is 5.96 Å². The Bertz CT molecular complexity index is 147. The average molecular weight is 204 g/mol. The molecule has 0 aromatic carbocycles. The van der Waals surface area contributed by atoms with Gasteiger partial charge in [-0.2, -0.15) is 0 Å². The molecule has 0 saturated carbocycles. The molecule has 0 rings (SSSR count). The monoisotopic (exact) mass is 204 g/mol. The number of nitrogens with one attached hydrogen (secondary N) is 1. The fourth-order valence-corrected chi connectivity index (χ4v) is 1.15. The Labute approximate surface area is 85.1 Å². The summed E-state index contributed by atoms with van der Waals surface area (Å²) < 4.78 is 2.98. The van der Waals surface area contributed by atoms with Gasteiger partial charge in [-0.05, 0) is 20.5 Å². The summed E-state index contributed by atoms with van der Waals surface area (Å²) in [6.07, 6.45) is 1.14. The van der Waals surface area contributed by atoms with Crippen LogP contribution in [0, 0.1) is 0 Å². The van der Waals surface area contributed by atoms with Gasteiger partial charge < -0.3 is 15.4 Å². The lowest BCUT2D eigenvalue weighted by Crippen LogP contribution is -2.27. The molecular weight excluding hydrogens is 184 g/mol. The van der Waals surface area contributed by atoms with Gasteiger partial charge in [0.25, 0.3) is 0 Å². The van der Waals surface area contributed by atoms with Gasteiger partial charge in [0.1, 0.15) is 0 Å². The highest BCUT2D eigenvalue weighted by Gasteiger charge is 1.91. The number of hydrogen-bond acceptors (Lipinski definition) is 3. The second-order valence-corrected chi connectivity index (χ2v) is 3.92. The summed E-state index contributed by atoms with van der Waals surface area (Å²) in [6, 6.07) is 0. The highest BCUT2D eigenvalue weighted by Crippen LogP contribution is 1.93. The highest BCUT2D eigenvalue weighted by molar-refractivity contribution is 7.97. The maximum absolute atomic E-state index is 5.60. The minimum absolute atomic E-state index is 0.528. The number of nitrogens with zero attached hydrogens (tertiary/aromatic N) is 2. The van der Waals surface area contributed by atoms with Gasteiger partial charge in [-0.15, -0.1) is 0 Å². The van der Waals surface area contributed by atoms with Crippen molar-refractivity contribution in [1.82, 2.24) is 9.62 Å². The van der Waals surface area contributed by atoms with Crippen molar-refractivity contribution >= 4 is 17.9 Å². The van der Waals surface area contributed by atoms with E-state index in [1.807, 2.05) is 14.1 Å². The molecule has 3 N–H and O–H groups in total. The fraction of sp³-hybridized carbons (Fsp3) is 0.875. The minimum atomic E-state index is 0.528. The normalized spacial score (nSPS) is 12.2. The van der Waals surface area contributed by atoms with Gasteiger partial charge in [0.05, 0.1) is 6.54 Å².